The topological polar surface area (TPSA) is 63.0 Å². The van der Waals surface area contributed by atoms with Crippen molar-refractivity contribution in [2.75, 3.05) is 7.11 Å². The number of halogens is 5. The molecule has 0 amide bonds. The number of rotatable bonds is 3. The molecule has 1 rings (SSSR count). The van der Waals surface area contributed by atoms with Crippen molar-refractivity contribution >= 4 is 5.97 Å². The number of esters is 1. The Morgan fingerprint density at radius 3 is 2.50 bits per heavy atom. The molecule has 1 heterocycles. The summed E-state index contributed by atoms with van der Waals surface area (Å²) in [5.41, 5.74) is -4.30. The number of ether oxygens (including phenoxy) is 1. The van der Waals surface area contributed by atoms with Gasteiger partial charge < -0.3 is 4.74 Å². The lowest BCUT2D eigenvalue weighted by Crippen LogP contribution is -2.17. The Bertz CT molecular complexity index is 563. The van der Waals surface area contributed by atoms with Crippen LogP contribution in [-0.4, -0.2) is 18.1 Å². The van der Waals surface area contributed by atoms with Crippen molar-refractivity contribution < 1.29 is 31.5 Å². The van der Waals surface area contributed by atoms with E-state index in [2.05, 4.69) is 9.72 Å². The number of nitrogens with zero attached hydrogens (tertiary/aromatic N) is 2. The fourth-order valence-corrected chi connectivity index (χ4v) is 1.43. The van der Waals surface area contributed by atoms with Gasteiger partial charge in [-0.05, 0) is 11.6 Å². The quantitative estimate of drug-likeness (QED) is 0.635. The molecule has 1 aromatic heterocycles. The Labute approximate surface area is 109 Å². The summed E-state index contributed by atoms with van der Waals surface area (Å²) in [4.78, 5) is 13.8. The first-order chi connectivity index (χ1) is 9.20. The van der Waals surface area contributed by atoms with E-state index in [0.29, 0.717) is 6.07 Å². The van der Waals surface area contributed by atoms with Crippen molar-refractivity contribution in [2.24, 2.45) is 0 Å². The van der Waals surface area contributed by atoms with Crippen LogP contribution < -0.4 is 0 Å². The molecule has 0 unspecified atom stereocenters. The highest BCUT2D eigenvalue weighted by molar-refractivity contribution is 5.73. The van der Waals surface area contributed by atoms with Crippen LogP contribution in [0.2, 0.25) is 0 Å². The fourth-order valence-electron chi connectivity index (χ4n) is 1.43. The fraction of sp³-hybridized carbons (Fsp3) is 0.364. The molecular weight excluding hydrogens is 287 g/mol. The number of nitriles is 1. The Morgan fingerprint density at radius 2 is 2.10 bits per heavy atom. The number of aromatic nitrogens is 1. The Morgan fingerprint density at radius 1 is 1.50 bits per heavy atom. The van der Waals surface area contributed by atoms with Crippen molar-refractivity contribution in [3.63, 3.8) is 0 Å². The molecule has 1 aromatic rings. The van der Waals surface area contributed by atoms with Gasteiger partial charge in [0, 0.05) is 0 Å². The van der Waals surface area contributed by atoms with Crippen LogP contribution in [-0.2, 0) is 22.1 Å². The maximum atomic E-state index is 12.7. The first-order valence-electron chi connectivity index (χ1n) is 5.06. The maximum Gasteiger partial charge on any atom is 0.433 e. The van der Waals surface area contributed by atoms with Gasteiger partial charge in [0.25, 0.3) is 6.43 Å². The standard InChI is InChI=1S/C11H7F5N2O2/c1-20-7(19)3-5-2-6(4-17)8(10(12)13)18-9(5)11(14,15)16/h2,10H,3H2,1H3. The highest BCUT2D eigenvalue weighted by atomic mass is 19.4. The molecule has 0 N–H and O–H groups in total. The van der Waals surface area contributed by atoms with Crippen LogP contribution in [0.5, 0.6) is 0 Å². The smallest absolute Gasteiger partial charge is 0.433 e. The van der Waals surface area contributed by atoms with Gasteiger partial charge >= 0.3 is 12.1 Å². The predicted molar refractivity (Wildman–Crippen MR) is 54.6 cm³/mol. The van der Waals surface area contributed by atoms with Crippen LogP contribution in [0.3, 0.4) is 0 Å². The summed E-state index contributed by atoms with van der Waals surface area (Å²) in [6, 6.07) is 1.90. The van der Waals surface area contributed by atoms with Crippen LogP contribution in [0.25, 0.3) is 0 Å². The first-order valence-corrected chi connectivity index (χ1v) is 5.06. The molecule has 0 fully saturated rings. The third-order valence-corrected chi connectivity index (χ3v) is 2.29. The zero-order chi connectivity index (χ0) is 15.5. The number of pyridine rings is 1. The maximum absolute atomic E-state index is 12.7. The molecule has 0 aliphatic rings. The Balaban J connectivity index is 3.49. The minimum atomic E-state index is -5.03. The van der Waals surface area contributed by atoms with Gasteiger partial charge in [0.05, 0.1) is 19.1 Å². The Kier molecular flexibility index (Phi) is 4.60. The number of hydrogen-bond donors (Lipinski definition) is 0. The minimum Gasteiger partial charge on any atom is -0.469 e. The van der Waals surface area contributed by atoms with Gasteiger partial charge in [0.15, 0.2) is 0 Å². The molecule has 0 aliphatic carbocycles. The van der Waals surface area contributed by atoms with E-state index in [-0.39, 0.29) is 0 Å². The van der Waals surface area contributed by atoms with E-state index in [1.165, 1.54) is 6.07 Å². The molecule has 20 heavy (non-hydrogen) atoms. The van der Waals surface area contributed by atoms with E-state index in [1.807, 2.05) is 0 Å². The second-order valence-electron chi connectivity index (χ2n) is 3.59. The van der Waals surface area contributed by atoms with E-state index in [4.69, 9.17) is 5.26 Å². The van der Waals surface area contributed by atoms with Crippen LogP contribution in [0.4, 0.5) is 22.0 Å². The van der Waals surface area contributed by atoms with Crippen molar-refractivity contribution in [3.8, 4) is 6.07 Å². The van der Waals surface area contributed by atoms with Gasteiger partial charge in [-0.1, -0.05) is 0 Å². The number of carbonyl (C=O) groups is 1. The van der Waals surface area contributed by atoms with Crippen molar-refractivity contribution in [2.45, 2.75) is 19.0 Å². The second-order valence-corrected chi connectivity index (χ2v) is 3.59. The molecule has 0 saturated heterocycles. The Hall–Kier alpha value is -2.24. The third kappa shape index (κ3) is 3.40. The molecule has 0 spiro atoms. The lowest BCUT2D eigenvalue weighted by Gasteiger charge is -2.14. The summed E-state index contributed by atoms with van der Waals surface area (Å²) in [5.74, 6) is -1.01. The predicted octanol–water partition coefficient (Wildman–Crippen LogP) is 2.63. The number of hydrogen-bond acceptors (Lipinski definition) is 4. The highest BCUT2D eigenvalue weighted by Crippen LogP contribution is 2.34. The van der Waals surface area contributed by atoms with Crippen LogP contribution >= 0.6 is 0 Å². The zero-order valence-electron chi connectivity index (χ0n) is 9.96. The first kappa shape index (κ1) is 15.8. The summed E-state index contributed by atoms with van der Waals surface area (Å²) in [6.45, 7) is 0. The second kappa shape index (κ2) is 5.81. The van der Waals surface area contributed by atoms with E-state index in [9.17, 15) is 26.7 Å². The SMILES string of the molecule is COC(=O)Cc1cc(C#N)c(C(F)F)nc1C(F)(F)F. The van der Waals surface area contributed by atoms with E-state index >= 15 is 0 Å². The van der Waals surface area contributed by atoms with E-state index in [1.54, 1.807) is 0 Å². The summed E-state index contributed by atoms with van der Waals surface area (Å²) in [5, 5.41) is 8.66. The van der Waals surface area contributed by atoms with Crippen molar-refractivity contribution in [3.05, 3.63) is 28.6 Å². The van der Waals surface area contributed by atoms with E-state index in [0.717, 1.165) is 7.11 Å². The molecule has 0 atom stereocenters. The monoisotopic (exact) mass is 294 g/mol. The van der Waals surface area contributed by atoms with Gasteiger partial charge in [0.2, 0.25) is 0 Å². The van der Waals surface area contributed by atoms with Gasteiger partial charge in [-0.2, -0.15) is 18.4 Å². The number of carbonyl (C=O) groups excluding carboxylic acids is 1. The normalized spacial score (nSPS) is 11.3. The molecule has 108 valence electrons. The summed E-state index contributed by atoms with van der Waals surface area (Å²) in [6.07, 6.45) is -9.18. The largest absolute Gasteiger partial charge is 0.469 e. The van der Waals surface area contributed by atoms with Crippen LogP contribution in [0, 0.1) is 11.3 Å². The molecule has 0 aliphatic heterocycles. The lowest BCUT2D eigenvalue weighted by molar-refractivity contribution is -0.143. The van der Waals surface area contributed by atoms with Crippen LogP contribution in [0.15, 0.2) is 6.07 Å². The molecular formula is C11H7F5N2O2. The number of methoxy groups -OCH3 is 1. The van der Waals surface area contributed by atoms with Gasteiger partial charge in [0.1, 0.15) is 17.5 Å². The summed E-state index contributed by atoms with van der Waals surface area (Å²) in [7, 11) is 0.960. The van der Waals surface area contributed by atoms with Gasteiger partial charge in [-0.15, -0.1) is 0 Å². The molecule has 0 bridgehead atoms. The summed E-state index contributed by atoms with van der Waals surface area (Å²) >= 11 is 0. The van der Waals surface area contributed by atoms with Crippen molar-refractivity contribution in [1.29, 1.82) is 5.26 Å². The number of alkyl halides is 5. The minimum absolute atomic E-state index is 0.578. The lowest BCUT2D eigenvalue weighted by atomic mass is 10.0. The highest BCUT2D eigenvalue weighted by Gasteiger charge is 2.37. The third-order valence-electron chi connectivity index (χ3n) is 2.29. The molecule has 4 nitrogen and oxygen atoms in total. The zero-order valence-corrected chi connectivity index (χ0v) is 9.96. The molecule has 9 heteroatoms. The van der Waals surface area contributed by atoms with Gasteiger partial charge in [-0.3, -0.25) is 4.79 Å². The average Bonchev–Trinajstić information content (AvgIpc) is 2.36. The average molecular weight is 294 g/mol. The molecule has 0 radical (unpaired) electrons. The van der Waals surface area contributed by atoms with Gasteiger partial charge in [-0.25, -0.2) is 13.8 Å². The van der Waals surface area contributed by atoms with E-state index < -0.39 is 47.5 Å². The summed E-state index contributed by atoms with van der Waals surface area (Å²) < 4.78 is 67.6. The van der Waals surface area contributed by atoms with Crippen LogP contribution in [0.1, 0.15) is 28.9 Å². The molecule has 0 aromatic carbocycles. The van der Waals surface area contributed by atoms with Crippen molar-refractivity contribution in [1.82, 2.24) is 4.98 Å². The molecule has 0 saturated carbocycles.